The van der Waals surface area contributed by atoms with E-state index in [9.17, 15) is 9.90 Å². The number of carbonyl (C=O) groups is 1. The number of carbonyl (C=O) groups excluding carboxylic acids is 1. The van der Waals surface area contributed by atoms with E-state index in [-0.39, 0.29) is 29.7 Å². The SMILES string of the molecule is CCOC(=O)c1cnn2cc(F)c(N(Cc3ccc(OC)cc3)[C@H]3CCC[C@H]3O)nc12. The number of esters is 1. The molecule has 0 radical (unpaired) electrons. The van der Waals surface area contributed by atoms with Crippen molar-refractivity contribution in [2.45, 2.75) is 44.9 Å². The molecule has 3 aromatic rings. The van der Waals surface area contributed by atoms with Crippen molar-refractivity contribution in [3.63, 3.8) is 0 Å². The molecule has 0 unspecified atom stereocenters. The Morgan fingerprint density at radius 1 is 1.32 bits per heavy atom. The Kier molecular flexibility index (Phi) is 6.03. The molecule has 1 aliphatic rings. The number of rotatable bonds is 7. The quantitative estimate of drug-likeness (QED) is 0.579. The normalized spacial score (nSPS) is 18.3. The molecule has 1 aliphatic carbocycles. The van der Waals surface area contributed by atoms with Crippen LogP contribution in [0.4, 0.5) is 10.2 Å². The first-order valence-corrected chi connectivity index (χ1v) is 10.3. The number of aliphatic hydroxyl groups is 1. The molecule has 0 spiro atoms. The van der Waals surface area contributed by atoms with Gasteiger partial charge in [0.05, 0.1) is 38.3 Å². The van der Waals surface area contributed by atoms with Crippen LogP contribution in [0.2, 0.25) is 0 Å². The predicted octanol–water partition coefficient (Wildman–Crippen LogP) is 2.97. The van der Waals surface area contributed by atoms with Gasteiger partial charge in [0.1, 0.15) is 11.3 Å². The molecular formula is C22H25FN4O4. The van der Waals surface area contributed by atoms with E-state index >= 15 is 4.39 Å². The van der Waals surface area contributed by atoms with Crippen LogP contribution in [-0.2, 0) is 11.3 Å². The highest BCUT2D eigenvalue weighted by Gasteiger charge is 2.33. The van der Waals surface area contributed by atoms with Crippen molar-refractivity contribution in [1.29, 1.82) is 0 Å². The minimum atomic E-state index is -0.592. The number of aliphatic hydroxyl groups excluding tert-OH is 1. The maximum Gasteiger partial charge on any atom is 0.343 e. The molecule has 1 aromatic carbocycles. The molecule has 0 saturated heterocycles. The molecule has 0 amide bonds. The number of hydrogen-bond donors (Lipinski definition) is 1. The van der Waals surface area contributed by atoms with Gasteiger partial charge in [0.25, 0.3) is 0 Å². The van der Waals surface area contributed by atoms with Crippen LogP contribution >= 0.6 is 0 Å². The summed E-state index contributed by atoms with van der Waals surface area (Å²) in [4.78, 5) is 18.5. The maximum absolute atomic E-state index is 15.1. The molecule has 1 saturated carbocycles. The van der Waals surface area contributed by atoms with Crippen molar-refractivity contribution < 1.29 is 23.8 Å². The van der Waals surface area contributed by atoms with Gasteiger partial charge < -0.3 is 19.5 Å². The molecule has 31 heavy (non-hydrogen) atoms. The second-order valence-electron chi connectivity index (χ2n) is 7.50. The molecule has 2 aromatic heterocycles. The van der Waals surface area contributed by atoms with Gasteiger partial charge in [-0.05, 0) is 43.9 Å². The van der Waals surface area contributed by atoms with Gasteiger partial charge in [-0.1, -0.05) is 12.1 Å². The molecule has 4 rings (SSSR count). The highest BCUT2D eigenvalue weighted by atomic mass is 19.1. The lowest BCUT2D eigenvalue weighted by molar-refractivity contribution is 0.0528. The number of methoxy groups -OCH3 is 1. The Balaban J connectivity index is 1.76. The lowest BCUT2D eigenvalue weighted by Gasteiger charge is -2.32. The van der Waals surface area contributed by atoms with Gasteiger partial charge in [-0.25, -0.2) is 18.7 Å². The van der Waals surface area contributed by atoms with Gasteiger partial charge in [0.2, 0.25) is 0 Å². The van der Waals surface area contributed by atoms with Crippen LogP contribution in [0.1, 0.15) is 42.1 Å². The van der Waals surface area contributed by atoms with Crippen molar-refractivity contribution >= 4 is 17.4 Å². The van der Waals surface area contributed by atoms with E-state index in [2.05, 4.69) is 10.1 Å². The zero-order valence-electron chi connectivity index (χ0n) is 17.5. The summed E-state index contributed by atoms with van der Waals surface area (Å²) in [5.74, 6) is -0.357. The highest BCUT2D eigenvalue weighted by Crippen LogP contribution is 2.31. The summed E-state index contributed by atoms with van der Waals surface area (Å²) in [6.07, 6.45) is 4.13. The van der Waals surface area contributed by atoms with Gasteiger partial charge in [0, 0.05) is 6.54 Å². The smallest absolute Gasteiger partial charge is 0.343 e. The summed E-state index contributed by atoms with van der Waals surface area (Å²) in [5, 5.41) is 14.6. The van der Waals surface area contributed by atoms with Crippen LogP contribution in [0.3, 0.4) is 0 Å². The lowest BCUT2D eigenvalue weighted by atomic mass is 10.1. The summed E-state index contributed by atoms with van der Waals surface area (Å²) in [6.45, 7) is 2.26. The third kappa shape index (κ3) is 4.18. The Hall–Kier alpha value is -3.20. The monoisotopic (exact) mass is 428 g/mol. The fourth-order valence-corrected chi connectivity index (χ4v) is 4.00. The predicted molar refractivity (Wildman–Crippen MR) is 112 cm³/mol. The largest absolute Gasteiger partial charge is 0.497 e. The van der Waals surface area contributed by atoms with E-state index in [0.717, 1.165) is 17.7 Å². The number of aromatic nitrogens is 3. The summed E-state index contributed by atoms with van der Waals surface area (Å²) >= 11 is 0. The van der Waals surface area contributed by atoms with Crippen molar-refractivity contribution in [2.75, 3.05) is 18.6 Å². The molecule has 1 fully saturated rings. The number of hydrogen-bond acceptors (Lipinski definition) is 7. The van der Waals surface area contributed by atoms with Crippen molar-refractivity contribution in [3.8, 4) is 5.75 Å². The van der Waals surface area contributed by atoms with Crippen molar-refractivity contribution in [1.82, 2.24) is 14.6 Å². The Morgan fingerprint density at radius 3 is 2.74 bits per heavy atom. The molecule has 164 valence electrons. The fourth-order valence-electron chi connectivity index (χ4n) is 4.00. The van der Waals surface area contributed by atoms with E-state index in [1.807, 2.05) is 24.3 Å². The van der Waals surface area contributed by atoms with Gasteiger partial charge in [-0.2, -0.15) is 5.10 Å². The van der Waals surface area contributed by atoms with E-state index < -0.39 is 17.9 Å². The van der Waals surface area contributed by atoms with Crippen LogP contribution < -0.4 is 9.64 Å². The molecule has 1 N–H and O–H groups in total. The number of fused-ring (bicyclic) bond motifs is 1. The third-order valence-corrected chi connectivity index (χ3v) is 5.55. The molecule has 8 nitrogen and oxygen atoms in total. The number of anilines is 1. The Morgan fingerprint density at radius 2 is 2.10 bits per heavy atom. The minimum absolute atomic E-state index is 0.0697. The van der Waals surface area contributed by atoms with Crippen molar-refractivity contribution in [2.24, 2.45) is 0 Å². The van der Waals surface area contributed by atoms with Crippen LogP contribution in [0.25, 0.3) is 5.65 Å². The van der Waals surface area contributed by atoms with Gasteiger partial charge in [-0.15, -0.1) is 0 Å². The zero-order valence-corrected chi connectivity index (χ0v) is 17.5. The number of halogens is 1. The van der Waals surface area contributed by atoms with Crippen LogP contribution in [0.5, 0.6) is 5.75 Å². The van der Waals surface area contributed by atoms with E-state index in [0.29, 0.717) is 19.4 Å². The second-order valence-corrected chi connectivity index (χ2v) is 7.50. The first-order chi connectivity index (χ1) is 15.0. The van der Waals surface area contributed by atoms with E-state index in [4.69, 9.17) is 9.47 Å². The molecule has 9 heteroatoms. The number of ether oxygens (including phenoxy) is 2. The summed E-state index contributed by atoms with van der Waals surface area (Å²) in [5.41, 5.74) is 1.29. The third-order valence-electron chi connectivity index (χ3n) is 5.55. The lowest BCUT2D eigenvalue weighted by Crippen LogP contribution is -2.41. The molecule has 2 heterocycles. The number of nitrogens with zero attached hydrogens (tertiary/aromatic N) is 4. The van der Waals surface area contributed by atoms with E-state index in [1.54, 1.807) is 18.9 Å². The second kappa shape index (κ2) is 8.89. The molecule has 2 atom stereocenters. The Labute approximate surface area is 179 Å². The van der Waals surface area contributed by atoms with E-state index in [1.165, 1.54) is 16.9 Å². The summed E-state index contributed by atoms with van der Waals surface area (Å²) in [7, 11) is 1.59. The molecular weight excluding hydrogens is 403 g/mol. The fraction of sp³-hybridized carbons (Fsp3) is 0.409. The van der Waals surface area contributed by atoms with Crippen LogP contribution in [-0.4, -0.2) is 51.5 Å². The van der Waals surface area contributed by atoms with Gasteiger partial charge >= 0.3 is 5.97 Å². The highest BCUT2D eigenvalue weighted by molar-refractivity contribution is 5.95. The number of benzene rings is 1. The summed E-state index contributed by atoms with van der Waals surface area (Å²) in [6, 6.07) is 7.17. The topological polar surface area (TPSA) is 89.2 Å². The molecule has 0 bridgehead atoms. The Bertz CT molecular complexity index is 1070. The van der Waals surface area contributed by atoms with Gasteiger partial charge in [-0.3, -0.25) is 0 Å². The average Bonchev–Trinajstić information content (AvgIpc) is 3.38. The first-order valence-electron chi connectivity index (χ1n) is 10.3. The standard InChI is InChI=1S/C22H25FN4O4/c1-3-31-22(29)16-11-24-27-13-17(23)21(25-20(16)27)26(18-5-4-6-19(18)28)12-14-7-9-15(30-2)10-8-14/h7-11,13,18-19,28H,3-6,12H2,1-2H3/t18-,19+/m0/s1. The first kappa shape index (κ1) is 21.0. The van der Waals surface area contributed by atoms with Gasteiger partial charge in [0.15, 0.2) is 17.3 Å². The molecule has 0 aliphatic heterocycles. The van der Waals surface area contributed by atoms with Crippen LogP contribution in [0, 0.1) is 5.82 Å². The average molecular weight is 428 g/mol. The minimum Gasteiger partial charge on any atom is -0.497 e. The van der Waals surface area contributed by atoms with Crippen molar-refractivity contribution in [3.05, 3.63) is 53.6 Å². The van der Waals surface area contributed by atoms with Crippen LogP contribution in [0.15, 0.2) is 36.7 Å². The zero-order chi connectivity index (χ0) is 22.0. The summed E-state index contributed by atoms with van der Waals surface area (Å²) < 4.78 is 26.6. The maximum atomic E-state index is 15.1.